The van der Waals surface area contributed by atoms with Crippen molar-refractivity contribution in [2.24, 2.45) is 0 Å². The van der Waals surface area contributed by atoms with E-state index in [2.05, 4.69) is 110 Å². The Bertz CT molecular complexity index is 1320. The molecule has 7 heteroatoms. The number of nitrogens with zero attached hydrogens (tertiary/aromatic N) is 6. The number of likely N-dealkylation sites (N-methyl/N-ethyl adjacent to an activating group) is 4. The van der Waals surface area contributed by atoms with Crippen molar-refractivity contribution in [2.75, 3.05) is 78.3 Å². The fourth-order valence-corrected chi connectivity index (χ4v) is 4.14. The topological polar surface area (TPSA) is 38.7 Å². The number of aromatic nitrogens is 2. The summed E-state index contributed by atoms with van der Waals surface area (Å²) in [5, 5.41) is 0. The van der Waals surface area contributed by atoms with Crippen molar-refractivity contribution in [1.82, 2.24) is 19.8 Å². The molecule has 0 aliphatic carbocycles. The average molecular weight is 501 g/mol. The van der Waals surface area contributed by atoms with Gasteiger partial charge in [-0.1, -0.05) is 24.3 Å². The molecule has 194 valence electrons. The van der Waals surface area contributed by atoms with E-state index in [4.69, 9.17) is 9.97 Å². The Hall–Kier alpha value is -3.55. The predicted octanol–water partition coefficient (Wildman–Crippen LogP) is 5.10. The molecular formula is C30H37FN6. The summed E-state index contributed by atoms with van der Waals surface area (Å²) in [4.78, 5) is 18.6. The third-order valence-electron chi connectivity index (χ3n) is 6.55. The molecule has 4 aromatic rings. The molecule has 1 aromatic heterocycles. The first-order chi connectivity index (χ1) is 17.7. The second-order valence-corrected chi connectivity index (χ2v) is 10.1. The molecule has 0 atom stereocenters. The van der Waals surface area contributed by atoms with Crippen LogP contribution >= 0.6 is 0 Å². The summed E-state index contributed by atoms with van der Waals surface area (Å²) in [6, 6.07) is 21.3. The maximum Gasteiger partial charge on any atom is 0.125 e. The Kier molecular flexibility index (Phi) is 8.36. The Labute approximate surface area is 220 Å². The van der Waals surface area contributed by atoms with E-state index in [1.807, 2.05) is 0 Å². The molecule has 0 N–H and O–H groups in total. The van der Waals surface area contributed by atoms with Crippen LogP contribution in [0.1, 0.15) is 0 Å². The van der Waals surface area contributed by atoms with E-state index < -0.39 is 0 Å². The van der Waals surface area contributed by atoms with Crippen molar-refractivity contribution in [1.29, 1.82) is 0 Å². The monoisotopic (exact) mass is 500 g/mol. The standard InChI is InChI=1S/C30H37FN6/c1-34(2)17-19-36(5)25-12-7-22(8-13-25)29-30(33-28-21-24(31)11-16-27(28)32-29)23-9-14-26(15-10-23)37(6)20-18-35(3)4/h7-16,21H,17-20H2,1-6H3. The molecule has 3 aromatic carbocycles. The highest BCUT2D eigenvalue weighted by Crippen LogP contribution is 2.33. The van der Waals surface area contributed by atoms with Crippen LogP contribution in [-0.4, -0.2) is 88.2 Å². The normalized spacial score (nSPS) is 11.5. The second-order valence-electron chi connectivity index (χ2n) is 10.1. The molecule has 0 aliphatic rings. The summed E-state index contributed by atoms with van der Waals surface area (Å²) >= 11 is 0. The minimum Gasteiger partial charge on any atom is -0.373 e. The summed E-state index contributed by atoms with van der Waals surface area (Å²) < 4.78 is 14.0. The molecular weight excluding hydrogens is 463 g/mol. The van der Waals surface area contributed by atoms with Gasteiger partial charge in [0, 0.05) is 68.8 Å². The van der Waals surface area contributed by atoms with E-state index >= 15 is 0 Å². The van der Waals surface area contributed by atoms with E-state index in [0.29, 0.717) is 11.0 Å². The van der Waals surface area contributed by atoms with Gasteiger partial charge in [0.15, 0.2) is 0 Å². The van der Waals surface area contributed by atoms with Gasteiger partial charge in [0.2, 0.25) is 0 Å². The lowest BCUT2D eigenvalue weighted by molar-refractivity contribution is 0.416. The van der Waals surface area contributed by atoms with Gasteiger partial charge in [0.1, 0.15) is 5.82 Å². The van der Waals surface area contributed by atoms with E-state index in [1.54, 1.807) is 6.07 Å². The highest BCUT2D eigenvalue weighted by molar-refractivity contribution is 5.86. The number of hydrogen-bond donors (Lipinski definition) is 0. The predicted molar refractivity (Wildman–Crippen MR) is 154 cm³/mol. The minimum atomic E-state index is -0.316. The summed E-state index contributed by atoms with van der Waals surface area (Å²) in [5.74, 6) is -0.316. The molecule has 0 spiro atoms. The van der Waals surface area contributed by atoms with Crippen LogP contribution in [0.4, 0.5) is 15.8 Å². The van der Waals surface area contributed by atoms with Crippen molar-refractivity contribution < 1.29 is 4.39 Å². The van der Waals surface area contributed by atoms with Crippen LogP contribution < -0.4 is 9.80 Å². The second kappa shape index (κ2) is 11.7. The Balaban J connectivity index is 1.70. The lowest BCUT2D eigenvalue weighted by atomic mass is 10.0. The van der Waals surface area contributed by atoms with Crippen molar-refractivity contribution in [2.45, 2.75) is 0 Å². The third kappa shape index (κ3) is 6.61. The molecule has 0 aliphatic heterocycles. The molecule has 0 unspecified atom stereocenters. The van der Waals surface area contributed by atoms with Crippen molar-refractivity contribution in [3.63, 3.8) is 0 Å². The molecule has 4 rings (SSSR count). The van der Waals surface area contributed by atoms with E-state index in [9.17, 15) is 4.39 Å². The Morgan fingerprint density at radius 3 is 1.41 bits per heavy atom. The fraction of sp³-hybridized carbons (Fsp3) is 0.333. The van der Waals surface area contributed by atoms with Crippen LogP contribution in [0.25, 0.3) is 33.5 Å². The molecule has 0 saturated heterocycles. The zero-order valence-electron chi connectivity index (χ0n) is 22.7. The van der Waals surface area contributed by atoms with E-state index in [0.717, 1.165) is 60.1 Å². The van der Waals surface area contributed by atoms with Crippen molar-refractivity contribution in [3.8, 4) is 22.5 Å². The lowest BCUT2D eigenvalue weighted by Gasteiger charge is -2.22. The number of fused-ring (bicyclic) bond motifs is 1. The Morgan fingerprint density at radius 1 is 0.541 bits per heavy atom. The molecule has 0 bridgehead atoms. The largest absolute Gasteiger partial charge is 0.373 e. The van der Waals surface area contributed by atoms with Crippen LogP contribution in [0, 0.1) is 5.82 Å². The van der Waals surface area contributed by atoms with Crippen LogP contribution in [0.2, 0.25) is 0 Å². The van der Waals surface area contributed by atoms with Gasteiger partial charge < -0.3 is 19.6 Å². The summed E-state index contributed by atoms with van der Waals surface area (Å²) in [5.41, 5.74) is 6.96. The highest BCUT2D eigenvalue weighted by Gasteiger charge is 2.15. The zero-order valence-corrected chi connectivity index (χ0v) is 22.7. The SMILES string of the molecule is CN(C)CCN(C)c1ccc(-c2nc3ccc(F)cc3nc2-c2ccc(N(C)CCN(C)C)cc2)cc1. The number of benzene rings is 3. The fourth-order valence-electron chi connectivity index (χ4n) is 4.14. The molecule has 0 fully saturated rings. The van der Waals surface area contributed by atoms with Gasteiger partial charge in [-0.05, 0) is 64.6 Å². The van der Waals surface area contributed by atoms with Gasteiger partial charge in [0.25, 0.3) is 0 Å². The van der Waals surface area contributed by atoms with E-state index in [1.165, 1.54) is 12.1 Å². The first-order valence-electron chi connectivity index (χ1n) is 12.6. The van der Waals surface area contributed by atoms with Crippen LogP contribution in [0.5, 0.6) is 0 Å². The minimum absolute atomic E-state index is 0.316. The number of anilines is 2. The highest BCUT2D eigenvalue weighted by atomic mass is 19.1. The van der Waals surface area contributed by atoms with Gasteiger partial charge >= 0.3 is 0 Å². The van der Waals surface area contributed by atoms with Gasteiger partial charge in [-0.25, -0.2) is 14.4 Å². The molecule has 0 saturated carbocycles. The van der Waals surface area contributed by atoms with Crippen LogP contribution in [-0.2, 0) is 0 Å². The van der Waals surface area contributed by atoms with Crippen LogP contribution in [0.3, 0.4) is 0 Å². The molecule has 0 radical (unpaired) electrons. The molecule has 37 heavy (non-hydrogen) atoms. The van der Waals surface area contributed by atoms with E-state index in [-0.39, 0.29) is 5.82 Å². The quantitative estimate of drug-likeness (QED) is 0.302. The molecule has 6 nitrogen and oxygen atoms in total. The molecule has 1 heterocycles. The van der Waals surface area contributed by atoms with Crippen molar-refractivity contribution in [3.05, 3.63) is 72.5 Å². The number of halogens is 1. The summed E-state index contributed by atoms with van der Waals surface area (Å²) in [6.45, 7) is 3.83. The maximum atomic E-state index is 14.0. The maximum absolute atomic E-state index is 14.0. The smallest absolute Gasteiger partial charge is 0.125 e. The average Bonchev–Trinajstić information content (AvgIpc) is 2.89. The van der Waals surface area contributed by atoms with Gasteiger partial charge in [-0.3, -0.25) is 0 Å². The van der Waals surface area contributed by atoms with Crippen molar-refractivity contribution >= 4 is 22.4 Å². The van der Waals surface area contributed by atoms with Gasteiger partial charge in [-0.15, -0.1) is 0 Å². The molecule has 0 amide bonds. The number of rotatable bonds is 10. The van der Waals surface area contributed by atoms with Gasteiger partial charge in [-0.2, -0.15) is 0 Å². The van der Waals surface area contributed by atoms with Crippen LogP contribution in [0.15, 0.2) is 66.7 Å². The lowest BCUT2D eigenvalue weighted by Crippen LogP contribution is -2.28. The Morgan fingerprint density at radius 2 is 0.973 bits per heavy atom. The first kappa shape index (κ1) is 26.5. The summed E-state index contributed by atoms with van der Waals surface area (Å²) in [7, 11) is 12.5. The zero-order chi connectivity index (χ0) is 26.5. The third-order valence-corrected chi connectivity index (χ3v) is 6.55. The summed E-state index contributed by atoms with van der Waals surface area (Å²) in [6.07, 6.45) is 0. The van der Waals surface area contributed by atoms with Gasteiger partial charge in [0.05, 0.1) is 22.4 Å². The number of hydrogen-bond acceptors (Lipinski definition) is 6. The first-order valence-corrected chi connectivity index (χ1v) is 12.6.